The van der Waals surface area contributed by atoms with Gasteiger partial charge in [-0.1, -0.05) is 196 Å². The molecule has 17 rings (SSSR count). The van der Waals surface area contributed by atoms with Crippen molar-refractivity contribution >= 4 is 65.5 Å². The lowest BCUT2D eigenvalue weighted by Gasteiger charge is -2.26. The van der Waals surface area contributed by atoms with Crippen molar-refractivity contribution < 1.29 is 0 Å². The zero-order valence-corrected chi connectivity index (χ0v) is 39.5. The first-order valence-corrected chi connectivity index (χ1v) is 25.4. The molecular formula is C71H44. The van der Waals surface area contributed by atoms with E-state index in [0.29, 0.717) is 0 Å². The Balaban J connectivity index is 1.06. The third-order valence-electron chi connectivity index (χ3n) is 17.6. The van der Waals surface area contributed by atoms with E-state index in [0.717, 1.165) is 12.8 Å². The molecule has 0 amide bonds. The van der Waals surface area contributed by atoms with Crippen LogP contribution in [0.25, 0.3) is 155 Å². The van der Waals surface area contributed by atoms with Crippen LogP contribution >= 0.6 is 0 Å². The third-order valence-corrected chi connectivity index (χ3v) is 17.6. The van der Waals surface area contributed by atoms with Gasteiger partial charge in [-0.2, -0.15) is 0 Å². The van der Waals surface area contributed by atoms with Crippen LogP contribution in [0.3, 0.4) is 0 Å². The highest BCUT2D eigenvalue weighted by Gasteiger charge is 2.37. The van der Waals surface area contributed by atoms with E-state index in [1.807, 2.05) is 0 Å². The standard InChI is InChI=1S/C71H44/c1-71(2)63-26-8-7-20-47(63)59-37-61-62(38-64(59)71)70(56-34-32-54-46-19-6-4-17-44(46)49-23-12-25-51(56)68(49)54)60-35-41(58-36-42-15-9-13-39-27-28-40-14-10-21-52(58)66(40)65(39)42)29-30-57(60)69(61)55-33-31-53-45-18-5-3-16-43(45)48-22-11-24-50(55)67(48)53/h3-12,14-27,29-38H,13,28H2,1-2H3. The Hall–Kier alpha value is -8.58. The van der Waals surface area contributed by atoms with Gasteiger partial charge in [-0.15, -0.1) is 0 Å². The maximum absolute atomic E-state index is 2.62. The molecule has 0 radical (unpaired) electrons. The summed E-state index contributed by atoms with van der Waals surface area (Å²) in [6.45, 7) is 4.86. The normalized spacial score (nSPS) is 14.6. The highest BCUT2D eigenvalue weighted by Crippen LogP contribution is 2.58. The summed E-state index contributed by atoms with van der Waals surface area (Å²) in [6.07, 6.45) is 9.17. The van der Waals surface area contributed by atoms with E-state index < -0.39 is 0 Å². The van der Waals surface area contributed by atoms with Gasteiger partial charge in [0.05, 0.1) is 0 Å². The first kappa shape index (κ1) is 38.3. The van der Waals surface area contributed by atoms with Crippen LogP contribution in [0, 0.1) is 0 Å². The van der Waals surface area contributed by atoms with Gasteiger partial charge in [0.25, 0.3) is 0 Å². The minimum absolute atomic E-state index is 0.183. The molecule has 0 N–H and O–H groups in total. The quantitative estimate of drug-likeness (QED) is 0.155. The van der Waals surface area contributed by atoms with Crippen molar-refractivity contribution in [3.63, 3.8) is 0 Å². The van der Waals surface area contributed by atoms with Gasteiger partial charge in [0.15, 0.2) is 0 Å². The smallest absolute Gasteiger partial charge is 0.0159 e. The Labute approximate surface area is 412 Å². The molecule has 12 aromatic carbocycles. The molecule has 71 heavy (non-hydrogen) atoms. The van der Waals surface area contributed by atoms with Gasteiger partial charge < -0.3 is 0 Å². The van der Waals surface area contributed by atoms with E-state index in [-0.39, 0.29) is 5.41 Å². The van der Waals surface area contributed by atoms with Gasteiger partial charge in [-0.3, -0.25) is 0 Å². The summed E-state index contributed by atoms with van der Waals surface area (Å²) in [5.74, 6) is 0. The van der Waals surface area contributed by atoms with Crippen LogP contribution in [0.1, 0.15) is 48.1 Å². The Bertz CT molecular complexity index is 4520. The van der Waals surface area contributed by atoms with Crippen molar-refractivity contribution in [1.29, 1.82) is 0 Å². The van der Waals surface area contributed by atoms with Crippen molar-refractivity contribution in [3.05, 3.63) is 228 Å². The molecule has 0 saturated carbocycles. The van der Waals surface area contributed by atoms with Gasteiger partial charge in [-0.25, -0.2) is 0 Å². The number of allylic oxidation sites excluding steroid dienone is 3. The van der Waals surface area contributed by atoms with Crippen molar-refractivity contribution in [3.8, 4) is 89.0 Å². The van der Waals surface area contributed by atoms with Gasteiger partial charge >= 0.3 is 0 Å². The van der Waals surface area contributed by atoms with Crippen molar-refractivity contribution in [1.82, 2.24) is 0 Å². The maximum atomic E-state index is 2.62. The van der Waals surface area contributed by atoms with Crippen molar-refractivity contribution in [2.45, 2.75) is 32.1 Å². The van der Waals surface area contributed by atoms with Crippen molar-refractivity contribution in [2.75, 3.05) is 0 Å². The first-order chi connectivity index (χ1) is 35.0. The number of benzene rings is 12. The lowest BCUT2D eigenvalue weighted by Crippen LogP contribution is -2.14. The van der Waals surface area contributed by atoms with E-state index in [9.17, 15) is 0 Å². The van der Waals surface area contributed by atoms with Crippen LogP contribution in [0.5, 0.6) is 0 Å². The second-order valence-corrected chi connectivity index (χ2v) is 21.3. The van der Waals surface area contributed by atoms with Crippen LogP contribution in [-0.2, 0) is 11.8 Å². The summed E-state index contributed by atoms with van der Waals surface area (Å²) in [5.41, 5.74) is 29.3. The number of fused-ring (bicyclic) bond motifs is 11. The van der Waals surface area contributed by atoms with Gasteiger partial charge in [0.1, 0.15) is 0 Å². The summed E-state index contributed by atoms with van der Waals surface area (Å²) in [6, 6.07) is 73.0. The van der Waals surface area contributed by atoms with E-state index in [4.69, 9.17) is 0 Å². The molecule has 0 aromatic heterocycles. The Morgan fingerprint density at radius 3 is 1.54 bits per heavy atom. The maximum Gasteiger partial charge on any atom is 0.0159 e. The van der Waals surface area contributed by atoms with Gasteiger partial charge in [-0.05, 0) is 213 Å². The molecule has 0 nitrogen and oxygen atoms in total. The third kappa shape index (κ3) is 4.81. The Kier molecular flexibility index (Phi) is 7.22. The van der Waals surface area contributed by atoms with Crippen LogP contribution < -0.4 is 0 Å². The Morgan fingerprint density at radius 1 is 0.324 bits per heavy atom. The fourth-order valence-electron chi connectivity index (χ4n) is 14.5. The lowest BCUT2D eigenvalue weighted by molar-refractivity contribution is 0.661. The zero-order chi connectivity index (χ0) is 46.4. The molecule has 0 heterocycles. The summed E-state index contributed by atoms with van der Waals surface area (Å²) in [5, 5.41) is 13.2. The van der Waals surface area contributed by atoms with E-state index in [1.165, 1.54) is 176 Å². The molecule has 5 aliphatic rings. The molecule has 5 aliphatic carbocycles. The molecule has 0 fully saturated rings. The van der Waals surface area contributed by atoms with E-state index in [1.54, 1.807) is 0 Å². The van der Waals surface area contributed by atoms with E-state index in [2.05, 4.69) is 220 Å². The molecular weight excluding hydrogens is 853 g/mol. The fourth-order valence-corrected chi connectivity index (χ4v) is 14.5. The monoisotopic (exact) mass is 896 g/mol. The number of hydrogen-bond acceptors (Lipinski definition) is 0. The molecule has 12 aromatic rings. The van der Waals surface area contributed by atoms with E-state index >= 15 is 0 Å². The van der Waals surface area contributed by atoms with Crippen molar-refractivity contribution in [2.24, 2.45) is 0 Å². The molecule has 0 unspecified atom stereocenters. The summed E-state index contributed by atoms with van der Waals surface area (Å²) >= 11 is 0. The van der Waals surface area contributed by atoms with Gasteiger partial charge in [0, 0.05) is 5.41 Å². The predicted molar refractivity (Wildman–Crippen MR) is 302 cm³/mol. The molecule has 0 heteroatoms. The average Bonchev–Trinajstić information content (AvgIpc) is 4.01. The highest BCUT2D eigenvalue weighted by molar-refractivity contribution is 6.30. The topological polar surface area (TPSA) is 0 Å². The number of hydrogen-bond donors (Lipinski definition) is 0. The second kappa shape index (κ2) is 13.4. The first-order valence-electron chi connectivity index (χ1n) is 25.4. The number of rotatable bonds is 3. The largest absolute Gasteiger partial charge is 0.0795 e. The average molecular weight is 897 g/mol. The SMILES string of the molecule is CC1(C)c2ccccc2-c2cc3c(-c4ccc5c6c(cccc46)-c4ccccc4-5)c4ccc(-c5cc6c7c8c(cccc58)CC=C7CC=C6)cc4c(-c4ccc5c6c(cccc46)-c4ccccc4-5)c3cc21. The van der Waals surface area contributed by atoms with Gasteiger partial charge in [0.2, 0.25) is 0 Å². The molecule has 0 atom stereocenters. The molecule has 0 saturated heterocycles. The van der Waals surface area contributed by atoms with Crippen LogP contribution in [-0.4, -0.2) is 0 Å². The minimum atomic E-state index is -0.183. The summed E-state index contributed by atoms with van der Waals surface area (Å²) in [4.78, 5) is 0. The Morgan fingerprint density at radius 2 is 0.859 bits per heavy atom. The predicted octanol–water partition coefficient (Wildman–Crippen LogP) is 19.4. The molecule has 328 valence electrons. The minimum Gasteiger partial charge on any atom is -0.0795 e. The molecule has 0 spiro atoms. The van der Waals surface area contributed by atoms with Crippen LogP contribution in [0.15, 0.2) is 200 Å². The fraction of sp³-hybridized carbons (Fsp3) is 0.0704. The summed E-state index contributed by atoms with van der Waals surface area (Å²) < 4.78 is 0. The highest BCUT2D eigenvalue weighted by atomic mass is 14.4. The zero-order valence-electron chi connectivity index (χ0n) is 39.5. The lowest BCUT2D eigenvalue weighted by atomic mass is 9.77. The summed E-state index contributed by atoms with van der Waals surface area (Å²) in [7, 11) is 0. The van der Waals surface area contributed by atoms with Crippen LogP contribution in [0.2, 0.25) is 0 Å². The molecule has 0 bridgehead atoms. The van der Waals surface area contributed by atoms with Crippen LogP contribution in [0.4, 0.5) is 0 Å². The second-order valence-electron chi connectivity index (χ2n) is 21.3. The molecule has 0 aliphatic heterocycles.